The van der Waals surface area contributed by atoms with Crippen LogP contribution in [0.3, 0.4) is 0 Å². The van der Waals surface area contributed by atoms with E-state index in [1.807, 2.05) is 6.07 Å². The molecule has 10 heteroatoms. The average molecular weight is 457 g/mol. The number of anilines is 1. The van der Waals surface area contributed by atoms with Crippen LogP contribution in [-0.2, 0) is 17.4 Å². The number of ether oxygens (including phenoxy) is 2. The van der Waals surface area contributed by atoms with Crippen LogP contribution in [0.5, 0.6) is 11.5 Å². The molecule has 0 aliphatic rings. The van der Waals surface area contributed by atoms with Gasteiger partial charge in [0.05, 0.1) is 36.9 Å². The van der Waals surface area contributed by atoms with Crippen molar-refractivity contribution in [1.82, 2.24) is 4.98 Å². The third-order valence-electron chi connectivity index (χ3n) is 4.08. The van der Waals surface area contributed by atoms with Gasteiger partial charge in [-0.15, -0.1) is 11.3 Å². The molecule has 0 aliphatic heterocycles. The summed E-state index contributed by atoms with van der Waals surface area (Å²) in [7, 11) is 3.07. The standard InChI is InChI=1S/C20H16ClF3N2O3S/c1-28-16-6-3-11(7-17(16)29-2)19-26-13(10-30-19)9-18(27)25-12-4-5-15(21)14(8-12)20(22,23)24/h3-8,10H,9H2,1-2H3,(H,25,27). The molecule has 1 amide bonds. The van der Waals surface area contributed by atoms with Crippen LogP contribution in [-0.4, -0.2) is 25.1 Å². The second kappa shape index (κ2) is 8.93. The van der Waals surface area contributed by atoms with E-state index in [2.05, 4.69) is 10.3 Å². The number of rotatable bonds is 6. The zero-order valence-electron chi connectivity index (χ0n) is 15.8. The average Bonchev–Trinajstić information content (AvgIpc) is 3.16. The lowest BCUT2D eigenvalue weighted by Gasteiger charge is -2.11. The van der Waals surface area contributed by atoms with Crippen LogP contribution >= 0.6 is 22.9 Å². The van der Waals surface area contributed by atoms with Crippen LogP contribution in [0.25, 0.3) is 10.6 Å². The number of amides is 1. The van der Waals surface area contributed by atoms with E-state index in [1.165, 1.54) is 31.6 Å². The Kier molecular flexibility index (Phi) is 6.52. The summed E-state index contributed by atoms with van der Waals surface area (Å²) < 4.78 is 49.3. The SMILES string of the molecule is COc1ccc(-c2nc(CC(=O)Nc3ccc(Cl)c(C(F)(F)F)c3)cs2)cc1OC. The third kappa shape index (κ3) is 5.03. The minimum absolute atomic E-state index is 0.00655. The number of hydrogen-bond acceptors (Lipinski definition) is 5. The predicted molar refractivity (Wildman–Crippen MR) is 109 cm³/mol. The first-order valence-corrected chi connectivity index (χ1v) is 9.80. The van der Waals surface area contributed by atoms with Crippen molar-refractivity contribution in [3.05, 3.63) is 58.1 Å². The Bertz CT molecular complexity index is 1070. The van der Waals surface area contributed by atoms with E-state index < -0.39 is 22.7 Å². The molecule has 0 saturated heterocycles. The Balaban J connectivity index is 1.71. The van der Waals surface area contributed by atoms with E-state index in [9.17, 15) is 18.0 Å². The van der Waals surface area contributed by atoms with Crippen molar-refractivity contribution in [1.29, 1.82) is 0 Å². The van der Waals surface area contributed by atoms with E-state index in [4.69, 9.17) is 21.1 Å². The number of benzene rings is 2. The summed E-state index contributed by atoms with van der Waals surface area (Å²) >= 11 is 6.93. The number of aromatic nitrogens is 1. The van der Waals surface area contributed by atoms with Gasteiger partial charge < -0.3 is 14.8 Å². The van der Waals surface area contributed by atoms with E-state index >= 15 is 0 Å². The summed E-state index contributed by atoms with van der Waals surface area (Å²) in [5, 5.41) is 4.40. The molecule has 0 aliphatic carbocycles. The molecule has 0 atom stereocenters. The molecule has 0 spiro atoms. The van der Waals surface area contributed by atoms with Gasteiger partial charge in [-0.3, -0.25) is 4.79 Å². The first-order valence-electron chi connectivity index (χ1n) is 8.54. The Hall–Kier alpha value is -2.78. The maximum absolute atomic E-state index is 13.0. The highest BCUT2D eigenvalue weighted by Gasteiger charge is 2.33. The van der Waals surface area contributed by atoms with Crippen molar-refractivity contribution in [2.45, 2.75) is 12.6 Å². The molecule has 0 unspecified atom stereocenters. The Labute approximate surface area is 179 Å². The summed E-state index contributed by atoms with van der Waals surface area (Å²) in [5.41, 5.74) is 0.280. The third-order valence-corrected chi connectivity index (χ3v) is 5.35. The molecule has 158 valence electrons. The first-order chi connectivity index (χ1) is 14.2. The number of alkyl halides is 3. The Morgan fingerprint density at radius 3 is 2.53 bits per heavy atom. The molecular formula is C20H16ClF3N2O3S. The monoisotopic (exact) mass is 456 g/mol. The topological polar surface area (TPSA) is 60.5 Å². The molecule has 30 heavy (non-hydrogen) atoms. The molecule has 1 heterocycles. The normalized spacial score (nSPS) is 11.3. The number of carbonyl (C=O) groups excluding carboxylic acids is 1. The van der Waals surface area contributed by atoms with Crippen molar-refractivity contribution in [2.75, 3.05) is 19.5 Å². The molecule has 1 aromatic heterocycles. The van der Waals surface area contributed by atoms with Crippen molar-refractivity contribution < 1.29 is 27.4 Å². The number of nitrogens with zero attached hydrogens (tertiary/aromatic N) is 1. The summed E-state index contributed by atoms with van der Waals surface area (Å²) in [6.45, 7) is 0. The molecule has 3 aromatic rings. The fourth-order valence-electron chi connectivity index (χ4n) is 2.68. The minimum Gasteiger partial charge on any atom is -0.493 e. The highest BCUT2D eigenvalue weighted by Crippen LogP contribution is 2.36. The van der Waals surface area contributed by atoms with Gasteiger partial charge in [0, 0.05) is 16.6 Å². The largest absolute Gasteiger partial charge is 0.493 e. The maximum atomic E-state index is 13.0. The molecule has 0 radical (unpaired) electrons. The second-order valence-electron chi connectivity index (χ2n) is 6.13. The lowest BCUT2D eigenvalue weighted by Crippen LogP contribution is -2.15. The number of methoxy groups -OCH3 is 2. The first kappa shape index (κ1) is 21.9. The van der Waals surface area contributed by atoms with E-state index in [0.717, 1.165) is 17.7 Å². The van der Waals surface area contributed by atoms with Crippen LogP contribution in [0.2, 0.25) is 5.02 Å². The summed E-state index contributed by atoms with van der Waals surface area (Å²) in [6.07, 6.45) is -4.70. The van der Waals surface area contributed by atoms with Gasteiger partial charge in [0.1, 0.15) is 5.01 Å². The Morgan fingerprint density at radius 1 is 1.13 bits per heavy atom. The molecule has 0 fully saturated rings. The van der Waals surface area contributed by atoms with Gasteiger partial charge in [-0.1, -0.05) is 11.6 Å². The number of nitrogens with one attached hydrogen (secondary N) is 1. The fourth-order valence-corrected chi connectivity index (χ4v) is 3.72. The molecule has 1 N–H and O–H groups in total. The van der Waals surface area contributed by atoms with Crippen molar-refractivity contribution in [2.24, 2.45) is 0 Å². The van der Waals surface area contributed by atoms with Gasteiger partial charge in [0.25, 0.3) is 0 Å². The van der Waals surface area contributed by atoms with Crippen LogP contribution in [0, 0.1) is 0 Å². The van der Waals surface area contributed by atoms with E-state index in [0.29, 0.717) is 22.2 Å². The summed E-state index contributed by atoms with van der Waals surface area (Å²) in [4.78, 5) is 16.7. The van der Waals surface area contributed by atoms with Crippen LogP contribution in [0.4, 0.5) is 18.9 Å². The molecule has 2 aromatic carbocycles. The van der Waals surface area contributed by atoms with Gasteiger partial charge in [-0.25, -0.2) is 4.98 Å². The highest BCUT2D eigenvalue weighted by molar-refractivity contribution is 7.13. The van der Waals surface area contributed by atoms with Gasteiger partial charge in [-0.2, -0.15) is 13.2 Å². The quantitative estimate of drug-likeness (QED) is 0.518. The van der Waals surface area contributed by atoms with Crippen LogP contribution in [0.1, 0.15) is 11.3 Å². The fraction of sp³-hybridized carbons (Fsp3) is 0.200. The number of carbonyl (C=O) groups is 1. The van der Waals surface area contributed by atoms with Crippen LogP contribution in [0.15, 0.2) is 41.8 Å². The van der Waals surface area contributed by atoms with E-state index in [-0.39, 0.29) is 12.1 Å². The smallest absolute Gasteiger partial charge is 0.417 e. The van der Waals surface area contributed by atoms with Gasteiger partial charge in [0.15, 0.2) is 11.5 Å². The maximum Gasteiger partial charge on any atom is 0.417 e. The molecule has 3 rings (SSSR count). The van der Waals surface area contributed by atoms with Crippen molar-refractivity contribution in [3.63, 3.8) is 0 Å². The van der Waals surface area contributed by atoms with Gasteiger partial charge in [-0.05, 0) is 36.4 Å². The van der Waals surface area contributed by atoms with Gasteiger partial charge in [0.2, 0.25) is 5.91 Å². The molecule has 0 saturated carbocycles. The summed E-state index contributed by atoms with van der Waals surface area (Å²) in [6, 6.07) is 8.55. The minimum atomic E-state index is -4.61. The van der Waals surface area contributed by atoms with Crippen molar-refractivity contribution >= 4 is 34.5 Å². The molecular weight excluding hydrogens is 441 g/mol. The lowest BCUT2D eigenvalue weighted by atomic mass is 10.2. The zero-order valence-corrected chi connectivity index (χ0v) is 17.4. The second-order valence-corrected chi connectivity index (χ2v) is 7.40. The number of halogens is 4. The number of thiazole rings is 1. The van der Waals surface area contributed by atoms with Crippen molar-refractivity contribution in [3.8, 4) is 22.1 Å². The van der Waals surface area contributed by atoms with Gasteiger partial charge >= 0.3 is 6.18 Å². The summed E-state index contributed by atoms with van der Waals surface area (Å²) in [5.74, 6) is 0.640. The lowest BCUT2D eigenvalue weighted by molar-refractivity contribution is -0.137. The van der Waals surface area contributed by atoms with E-state index in [1.54, 1.807) is 17.5 Å². The van der Waals surface area contributed by atoms with Crippen LogP contribution < -0.4 is 14.8 Å². The zero-order chi connectivity index (χ0) is 21.9. The molecule has 5 nitrogen and oxygen atoms in total. The number of hydrogen-bond donors (Lipinski definition) is 1. The molecule has 0 bridgehead atoms. The highest BCUT2D eigenvalue weighted by atomic mass is 35.5. The predicted octanol–water partition coefficient (Wildman–Crippen LogP) is 5.68. The Morgan fingerprint density at radius 2 is 1.87 bits per heavy atom.